The van der Waals surface area contributed by atoms with Crippen molar-refractivity contribution in [2.24, 2.45) is 0 Å². The zero-order valence-electron chi connectivity index (χ0n) is 16.6. The van der Waals surface area contributed by atoms with Gasteiger partial charge in [0.1, 0.15) is 0 Å². The Bertz CT molecular complexity index is 768. The van der Waals surface area contributed by atoms with Gasteiger partial charge >= 0.3 is 0 Å². The molecular formula is C25H30B-. The molecule has 3 rings (SSSR count). The van der Waals surface area contributed by atoms with E-state index in [1.54, 1.807) is 0 Å². The summed E-state index contributed by atoms with van der Waals surface area (Å²) in [5, 5.41) is 0. The summed E-state index contributed by atoms with van der Waals surface area (Å²) in [4.78, 5) is 0. The van der Waals surface area contributed by atoms with Gasteiger partial charge in [0.05, 0.1) is 6.15 Å². The Kier molecular flexibility index (Phi) is 5.66. The van der Waals surface area contributed by atoms with E-state index in [1.807, 2.05) is 0 Å². The maximum absolute atomic E-state index is 2.40. The number of hydrogen-bond donors (Lipinski definition) is 0. The molecule has 0 spiro atoms. The molecule has 0 saturated carbocycles. The van der Waals surface area contributed by atoms with Crippen LogP contribution in [0, 0.1) is 20.8 Å². The smallest absolute Gasteiger partial charge is 0.0815 e. The SMILES string of the molecule is CCCC[B-](c1cccc(C)c1)(c1cccc(C)c1)c1cccc(C)c1. The highest BCUT2D eigenvalue weighted by Gasteiger charge is 2.29. The predicted molar refractivity (Wildman–Crippen MR) is 118 cm³/mol. The largest absolute Gasteiger partial charge is 0.200 e. The second-order valence-electron chi connectivity index (χ2n) is 7.93. The second-order valence-corrected chi connectivity index (χ2v) is 7.93. The Balaban J connectivity index is 2.34. The molecule has 0 atom stereocenters. The van der Waals surface area contributed by atoms with Gasteiger partial charge in [-0.05, 0) is 20.8 Å². The maximum Gasteiger partial charge on any atom is 0.0815 e. The van der Waals surface area contributed by atoms with Crippen LogP contribution in [0.4, 0.5) is 0 Å². The van der Waals surface area contributed by atoms with Gasteiger partial charge in [-0.3, -0.25) is 0 Å². The summed E-state index contributed by atoms with van der Waals surface area (Å²) in [6.07, 6.45) is 2.66. The summed E-state index contributed by atoms with van der Waals surface area (Å²) in [7, 11) is 0. The van der Waals surface area contributed by atoms with E-state index in [4.69, 9.17) is 0 Å². The minimum atomic E-state index is -0.971. The van der Waals surface area contributed by atoms with Crippen LogP contribution in [-0.4, -0.2) is 6.15 Å². The monoisotopic (exact) mass is 341 g/mol. The summed E-state index contributed by atoms with van der Waals surface area (Å²) in [5.41, 5.74) is 8.42. The number of rotatable bonds is 6. The van der Waals surface area contributed by atoms with E-state index in [2.05, 4.69) is 100 Å². The molecule has 0 fully saturated rings. The molecule has 0 aliphatic heterocycles. The van der Waals surface area contributed by atoms with E-state index in [0.29, 0.717) is 0 Å². The third-order valence-corrected chi connectivity index (χ3v) is 5.82. The lowest BCUT2D eigenvalue weighted by atomic mass is 9.14. The molecular weight excluding hydrogens is 311 g/mol. The Morgan fingerprint density at radius 2 is 1.00 bits per heavy atom. The summed E-state index contributed by atoms with van der Waals surface area (Å²) in [5.74, 6) is 0. The van der Waals surface area contributed by atoms with Crippen LogP contribution in [-0.2, 0) is 0 Å². The van der Waals surface area contributed by atoms with Crippen molar-refractivity contribution in [2.75, 3.05) is 0 Å². The fourth-order valence-electron chi connectivity index (χ4n) is 4.52. The third-order valence-electron chi connectivity index (χ3n) is 5.82. The molecule has 0 radical (unpaired) electrons. The lowest BCUT2D eigenvalue weighted by Crippen LogP contribution is -2.67. The molecule has 134 valence electrons. The van der Waals surface area contributed by atoms with Crippen molar-refractivity contribution in [1.29, 1.82) is 0 Å². The molecule has 0 saturated heterocycles. The minimum Gasteiger partial charge on any atom is -0.200 e. The van der Waals surface area contributed by atoms with E-state index >= 15 is 0 Å². The van der Waals surface area contributed by atoms with E-state index in [9.17, 15) is 0 Å². The van der Waals surface area contributed by atoms with Crippen LogP contribution < -0.4 is 16.4 Å². The quantitative estimate of drug-likeness (QED) is 0.561. The zero-order valence-corrected chi connectivity index (χ0v) is 16.6. The average molecular weight is 341 g/mol. The van der Waals surface area contributed by atoms with E-state index < -0.39 is 6.15 Å². The van der Waals surface area contributed by atoms with Crippen LogP contribution in [0.5, 0.6) is 0 Å². The van der Waals surface area contributed by atoms with E-state index in [0.717, 1.165) is 0 Å². The Morgan fingerprint density at radius 3 is 1.31 bits per heavy atom. The molecule has 0 heterocycles. The Labute approximate surface area is 159 Å². The Morgan fingerprint density at radius 1 is 0.615 bits per heavy atom. The van der Waals surface area contributed by atoms with Gasteiger partial charge in [-0.1, -0.05) is 109 Å². The molecule has 3 aromatic carbocycles. The highest BCUT2D eigenvalue weighted by atomic mass is 14.1. The minimum absolute atomic E-state index is 0.971. The van der Waals surface area contributed by atoms with Gasteiger partial charge in [-0.2, -0.15) is 22.7 Å². The third kappa shape index (κ3) is 3.63. The first-order chi connectivity index (χ1) is 12.6. The molecule has 0 N–H and O–H groups in total. The van der Waals surface area contributed by atoms with Gasteiger partial charge in [0.25, 0.3) is 0 Å². The van der Waals surface area contributed by atoms with Crippen LogP contribution in [0.25, 0.3) is 0 Å². The molecule has 3 aromatic rings. The molecule has 0 amide bonds. The molecule has 1 heteroatoms. The van der Waals surface area contributed by atoms with Crippen molar-refractivity contribution in [3.05, 3.63) is 89.5 Å². The molecule has 0 aliphatic carbocycles. The number of unbranched alkanes of at least 4 members (excludes halogenated alkanes) is 1. The van der Waals surface area contributed by atoms with Crippen molar-refractivity contribution in [3.8, 4) is 0 Å². The normalized spacial score (nSPS) is 11.5. The van der Waals surface area contributed by atoms with Gasteiger partial charge in [-0.15, -0.1) is 0 Å². The summed E-state index contributed by atoms with van der Waals surface area (Å²) in [6.45, 7) is 8.91. The summed E-state index contributed by atoms with van der Waals surface area (Å²) in [6, 6.07) is 27.5. The van der Waals surface area contributed by atoms with Crippen molar-refractivity contribution in [1.82, 2.24) is 0 Å². The summed E-state index contributed by atoms with van der Waals surface area (Å²) >= 11 is 0. The molecule has 26 heavy (non-hydrogen) atoms. The number of benzene rings is 3. The van der Waals surface area contributed by atoms with Gasteiger partial charge in [0.15, 0.2) is 0 Å². The fourth-order valence-corrected chi connectivity index (χ4v) is 4.52. The topological polar surface area (TPSA) is 0 Å². The molecule has 0 aromatic heterocycles. The Hall–Kier alpha value is -2.28. The first-order valence-corrected chi connectivity index (χ1v) is 9.95. The zero-order chi connectivity index (χ0) is 18.6. The van der Waals surface area contributed by atoms with E-state index in [-0.39, 0.29) is 0 Å². The first kappa shape index (κ1) is 18.5. The van der Waals surface area contributed by atoms with Crippen LogP contribution >= 0.6 is 0 Å². The number of aryl methyl sites for hydroxylation is 3. The van der Waals surface area contributed by atoms with Gasteiger partial charge in [-0.25, -0.2) is 0 Å². The van der Waals surface area contributed by atoms with Gasteiger partial charge < -0.3 is 0 Å². The van der Waals surface area contributed by atoms with Crippen LogP contribution in [0.15, 0.2) is 72.8 Å². The summed E-state index contributed by atoms with van der Waals surface area (Å²) < 4.78 is 0. The lowest BCUT2D eigenvalue weighted by molar-refractivity contribution is 0.874. The predicted octanol–water partition coefficient (Wildman–Crippen LogP) is 4.88. The molecule has 0 bridgehead atoms. The van der Waals surface area contributed by atoms with Crippen LogP contribution in [0.3, 0.4) is 0 Å². The van der Waals surface area contributed by atoms with Crippen molar-refractivity contribution in [2.45, 2.75) is 46.9 Å². The van der Waals surface area contributed by atoms with Crippen molar-refractivity contribution < 1.29 is 0 Å². The second kappa shape index (κ2) is 7.95. The molecule has 0 aliphatic rings. The standard InChI is InChI=1S/C25H30B/c1-5-6-16-26(23-13-7-10-20(2)17-23,24-14-8-11-21(3)18-24)25-15-9-12-22(4)19-25/h7-15,17-19H,5-6,16H2,1-4H3/q-1. The van der Waals surface area contributed by atoms with Crippen molar-refractivity contribution >= 4 is 22.5 Å². The highest BCUT2D eigenvalue weighted by molar-refractivity contribution is 7.11. The van der Waals surface area contributed by atoms with Gasteiger partial charge in [0.2, 0.25) is 0 Å². The molecule has 0 nitrogen and oxygen atoms in total. The van der Waals surface area contributed by atoms with E-state index in [1.165, 1.54) is 52.2 Å². The van der Waals surface area contributed by atoms with Crippen LogP contribution in [0.1, 0.15) is 36.5 Å². The molecule has 0 unspecified atom stereocenters. The average Bonchev–Trinajstić information content (AvgIpc) is 2.63. The lowest BCUT2D eigenvalue weighted by Gasteiger charge is -2.44. The van der Waals surface area contributed by atoms with Gasteiger partial charge in [0, 0.05) is 0 Å². The highest BCUT2D eigenvalue weighted by Crippen LogP contribution is 2.18. The maximum atomic E-state index is 2.40. The first-order valence-electron chi connectivity index (χ1n) is 9.95. The number of hydrogen-bond acceptors (Lipinski definition) is 0. The van der Waals surface area contributed by atoms with Crippen molar-refractivity contribution in [3.63, 3.8) is 0 Å². The fraction of sp³-hybridized carbons (Fsp3) is 0.280. The van der Waals surface area contributed by atoms with Crippen LogP contribution in [0.2, 0.25) is 6.32 Å².